The molecule has 1 atom stereocenters. The Labute approximate surface area is 126 Å². The lowest BCUT2D eigenvalue weighted by Gasteiger charge is -2.23. The van der Waals surface area contributed by atoms with Gasteiger partial charge >= 0.3 is 0 Å². The molecule has 0 aliphatic carbocycles. The molecule has 2 aliphatic rings. The minimum absolute atomic E-state index is 0.350. The van der Waals surface area contributed by atoms with Gasteiger partial charge in [-0.25, -0.2) is 8.42 Å². The van der Waals surface area contributed by atoms with Crippen LogP contribution >= 0.6 is 0 Å². The summed E-state index contributed by atoms with van der Waals surface area (Å²) in [5, 5.41) is 0. The van der Waals surface area contributed by atoms with Gasteiger partial charge in [0.15, 0.2) is 0 Å². The van der Waals surface area contributed by atoms with Crippen molar-refractivity contribution >= 4 is 10.0 Å². The molecule has 0 bridgehead atoms. The average molecular weight is 312 g/mol. The lowest BCUT2D eigenvalue weighted by molar-refractivity contribution is 0.251. The summed E-state index contributed by atoms with van der Waals surface area (Å²) >= 11 is 0. The van der Waals surface area contributed by atoms with Crippen molar-refractivity contribution in [1.82, 2.24) is 13.8 Å². The largest absolute Gasteiger partial charge is 0.352 e. The van der Waals surface area contributed by atoms with Crippen molar-refractivity contribution in [1.29, 1.82) is 0 Å². The van der Waals surface area contributed by atoms with Gasteiger partial charge in [-0.15, -0.1) is 0 Å². The van der Waals surface area contributed by atoms with Crippen LogP contribution < -0.4 is 5.73 Å². The quantitative estimate of drug-likeness (QED) is 0.870. The first kappa shape index (κ1) is 15.0. The maximum absolute atomic E-state index is 12.7. The van der Waals surface area contributed by atoms with Gasteiger partial charge < -0.3 is 10.3 Å². The van der Waals surface area contributed by atoms with Gasteiger partial charge in [0.05, 0.1) is 0 Å². The van der Waals surface area contributed by atoms with E-state index in [1.807, 2.05) is 7.05 Å². The van der Waals surface area contributed by atoms with Crippen LogP contribution in [0.2, 0.25) is 0 Å². The van der Waals surface area contributed by atoms with Gasteiger partial charge in [-0.2, -0.15) is 4.31 Å². The highest BCUT2D eigenvalue weighted by molar-refractivity contribution is 7.89. The molecule has 7 heteroatoms. The molecular weight excluding hydrogens is 288 g/mol. The van der Waals surface area contributed by atoms with Crippen LogP contribution in [0.15, 0.2) is 17.2 Å². The fourth-order valence-electron chi connectivity index (χ4n) is 3.40. The molecule has 2 N–H and O–H groups in total. The summed E-state index contributed by atoms with van der Waals surface area (Å²) in [6.45, 7) is 3.82. The molecule has 0 spiro atoms. The summed E-state index contributed by atoms with van der Waals surface area (Å²) in [6, 6.07) is 2.08. The molecule has 2 aliphatic heterocycles. The number of nitrogens with zero attached hydrogens (tertiary/aromatic N) is 3. The van der Waals surface area contributed by atoms with Crippen molar-refractivity contribution in [3.05, 3.63) is 18.0 Å². The third kappa shape index (κ3) is 2.75. The Hall–Kier alpha value is -0.890. The number of aryl methyl sites for hydroxylation is 1. The smallest absolute Gasteiger partial charge is 0.244 e. The highest BCUT2D eigenvalue weighted by Gasteiger charge is 2.36. The number of hydrogen-bond donors (Lipinski definition) is 1. The van der Waals surface area contributed by atoms with Gasteiger partial charge in [-0.1, -0.05) is 0 Å². The Bertz CT molecular complexity index is 604. The van der Waals surface area contributed by atoms with E-state index < -0.39 is 10.0 Å². The minimum atomic E-state index is -3.38. The van der Waals surface area contributed by atoms with E-state index in [4.69, 9.17) is 5.73 Å². The molecule has 0 aromatic carbocycles. The van der Waals surface area contributed by atoms with Crippen molar-refractivity contribution < 1.29 is 8.42 Å². The monoisotopic (exact) mass is 312 g/mol. The van der Waals surface area contributed by atoms with Crippen LogP contribution in [0.1, 0.15) is 25.0 Å². The van der Waals surface area contributed by atoms with E-state index >= 15 is 0 Å². The lowest BCUT2D eigenvalue weighted by atomic mass is 10.2. The number of sulfonamides is 1. The van der Waals surface area contributed by atoms with Crippen LogP contribution in [-0.4, -0.2) is 54.4 Å². The lowest BCUT2D eigenvalue weighted by Crippen LogP contribution is -2.37. The molecule has 1 aromatic heterocycles. The molecule has 6 nitrogen and oxygen atoms in total. The highest BCUT2D eigenvalue weighted by Crippen LogP contribution is 2.26. The molecule has 3 rings (SSSR count). The third-order valence-electron chi connectivity index (χ3n) is 4.71. The van der Waals surface area contributed by atoms with Crippen LogP contribution in [0.4, 0.5) is 0 Å². The van der Waals surface area contributed by atoms with E-state index in [9.17, 15) is 8.42 Å². The standard InChI is InChI=1S/C14H24N4O2S/c1-16-11-14(8-13(16)9-15)21(19,20)18-7-4-12(10-18)17-5-2-3-6-17/h8,11-12H,2-7,9-10,15H2,1H3. The number of rotatable bonds is 4. The zero-order valence-electron chi connectivity index (χ0n) is 12.5. The highest BCUT2D eigenvalue weighted by atomic mass is 32.2. The van der Waals surface area contributed by atoms with Gasteiger partial charge in [0.2, 0.25) is 10.0 Å². The first-order valence-electron chi connectivity index (χ1n) is 7.62. The van der Waals surface area contributed by atoms with Gasteiger partial charge in [0, 0.05) is 44.6 Å². The second-order valence-corrected chi connectivity index (χ2v) is 7.97. The SMILES string of the molecule is Cn1cc(S(=O)(=O)N2CCC(N3CCCC3)C2)cc1CN. The topological polar surface area (TPSA) is 71.6 Å². The van der Waals surface area contributed by atoms with Crippen molar-refractivity contribution in [2.45, 2.75) is 36.7 Å². The van der Waals surface area contributed by atoms with E-state index in [-0.39, 0.29) is 0 Å². The van der Waals surface area contributed by atoms with Crippen LogP contribution in [0.3, 0.4) is 0 Å². The van der Waals surface area contributed by atoms with Crippen molar-refractivity contribution in [2.24, 2.45) is 12.8 Å². The zero-order chi connectivity index (χ0) is 15.0. The average Bonchev–Trinajstić information content (AvgIpc) is 3.18. The molecule has 1 aromatic rings. The van der Waals surface area contributed by atoms with E-state index in [2.05, 4.69) is 4.90 Å². The Balaban J connectivity index is 1.76. The Morgan fingerprint density at radius 2 is 2.00 bits per heavy atom. The molecule has 0 amide bonds. The zero-order valence-corrected chi connectivity index (χ0v) is 13.3. The van der Waals surface area contributed by atoms with Gasteiger partial charge in [0.1, 0.15) is 4.90 Å². The van der Waals surface area contributed by atoms with Crippen LogP contribution in [0.25, 0.3) is 0 Å². The molecular formula is C14H24N4O2S. The fourth-order valence-corrected chi connectivity index (χ4v) is 4.99. The fraction of sp³-hybridized carbons (Fsp3) is 0.714. The minimum Gasteiger partial charge on any atom is -0.352 e. The normalized spacial score (nSPS) is 25.0. The Morgan fingerprint density at radius 1 is 1.29 bits per heavy atom. The molecule has 2 saturated heterocycles. The molecule has 118 valence electrons. The van der Waals surface area contributed by atoms with E-state index in [1.165, 1.54) is 12.8 Å². The molecule has 3 heterocycles. The maximum Gasteiger partial charge on any atom is 0.244 e. The Morgan fingerprint density at radius 3 is 2.62 bits per heavy atom. The third-order valence-corrected chi connectivity index (χ3v) is 6.54. The summed E-state index contributed by atoms with van der Waals surface area (Å²) in [7, 11) is -1.55. The summed E-state index contributed by atoms with van der Waals surface area (Å²) in [4.78, 5) is 2.80. The Kier molecular flexibility index (Phi) is 4.09. The molecule has 21 heavy (non-hydrogen) atoms. The van der Waals surface area contributed by atoms with Crippen molar-refractivity contribution in [2.75, 3.05) is 26.2 Å². The molecule has 0 saturated carbocycles. The summed E-state index contributed by atoms with van der Waals surface area (Å²) < 4.78 is 28.9. The first-order valence-corrected chi connectivity index (χ1v) is 9.06. The molecule has 1 unspecified atom stereocenters. The molecule has 2 fully saturated rings. The summed E-state index contributed by atoms with van der Waals surface area (Å²) in [6.07, 6.45) is 5.08. The predicted octanol–water partition coefficient (Wildman–Crippen LogP) is 0.343. The molecule has 0 radical (unpaired) electrons. The van der Waals surface area contributed by atoms with Crippen molar-refractivity contribution in [3.8, 4) is 0 Å². The number of aromatic nitrogens is 1. The van der Waals surface area contributed by atoms with Crippen LogP contribution in [0.5, 0.6) is 0 Å². The van der Waals surface area contributed by atoms with Gasteiger partial charge in [0.25, 0.3) is 0 Å². The van der Waals surface area contributed by atoms with Gasteiger partial charge in [-0.3, -0.25) is 4.90 Å². The van der Waals surface area contributed by atoms with Crippen LogP contribution in [0, 0.1) is 0 Å². The number of likely N-dealkylation sites (tertiary alicyclic amines) is 1. The second-order valence-electron chi connectivity index (χ2n) is 6.03. The predicted molar refractivity (Wildman–Crippen MR) is 81.3 cm³/mol. The van der Waals surface area contributed by atoms with Crippen LogP contribution in [-0.2, 0) is 23.6 Å². The number of nitrogens with two attached hydrogens (primary N) is 1. The van der Waals surface area contributed by atoms with Gasteiger partial charge in [-0.05, 0) is 38.4 Å². The summed E-state index contributed by atoms with van der Waals surface area (Å²) in [5.74, 6) is 0. The van der Waals surface area contributed by atoms with E-state index in [1.54, 1.807) is 21.1 Å². The first-order chi connectivity index (χ1) is 10.0. The summed E-state index contributed by atoms with van der Waals surface area (Å²) in [5.41, 5.74) is 6.47. The van der Waals surface area contributed by atoms with Crippen molar-refractivity contribution in [3.63, 3.8) is 0 Å². The van der Waals surface area contributed by atoms with E-state index in [0.717, 1.165) is 25.2 Å². The van der Waals surface area contributed by atoms with E-state index in [0.29, 0.717) is 30.6 Å². The second kappa shape index (κ2) is 5.72. The maximum atomic E-state index is 12.7. The number of hydrogen-bond acceptors (Lipinski definition) is 4.